The van der Waals surface area contributed by atoms with Crippen LogP contribution in [0.2, 0.25) is 0 Å². The maximum absolute atomic E-state index is 9.87. The van der Waals surface area contributed by atoms with Crippen molar-refractivity contribution in [2.45, 2.75) is 26.2 Å². The lowest BCUT2D eigenvalue weighted by Gasteiger charge is -2.02. The van der Waals surface area contributed by atoms with Gasteiger partial charge >= 0.3 is 0 Å². The monoisotopic (exact) mass is 174 g/mol. The largest absolute Gasteiger partial charge is 0.381 e. The van der Waals surface area contributed by atoms with Crippen molar-refractivity contribution in [1.82, 2.24) is 0 Å². The Morgan fingerprint density at radius 1 is 1.08 bits per heavy atom. The molecule has 0 radical (unpaired) electrons. The average Bonchev–Trinajstić information content (AvgIpc) is 2.10. The summed E-state index contributed by atoms with van der Waals surface area (Å²) in [7, 11) is 0. The highest BCUT2D eigenvalue weighted by atomic mass is 16.5. The molecule has 3 heteroatoms. The van der Waals surface area contributed by atoms with Crippen molar-refractivity contribution < 1.29 is 14.3 Å². The van der Waals surface area contributed by atoms with E-state index >= 15 is 0 Å². The Morgan fingerprint density at radius 3 is 2.33 bits per heavy atom. The summed E-state index contributed by atoms with van der Waals surface area (Å²) in [6, 6.07) is 0. The zero-order valence-electron chi connectivity index (χ0n) is 7.75. The first-order valence-corrected chi connectivity index (χ1v) is 4.51. The van der Waals surface area contributed by atoms with Gasteiger partial charge in [-0.1, -0.05) is 6.92 Å². The molecule has 0 atom stereocenters. The van der Waals surface area contributed by atoms with E-state index in [-0.39, 0.29) is 0 Å². The second kappa shape index (κ2) is 10.6. The van der Waals surface area contributed by atoms with Crippen molar-refractivity contribution in [3.05, 3.63) is 0 Å². The molecule has 0 fully saturated rings. The van der Waals surface area contributed by atoms with Gasteiger partial charge in [-0.2, -0.15) is 0 Å². The number of carbonyl (C=O) groups excluding carboxylic acids is 1. The number of hydrogen-bond acceptors (Lipinski definition) is 3. The van der Waals surface area contributed by atoms with Gasteiger partial charge in [0.2, 0.25) is 0 Å². The van der Waals surface area contributed by atoms with E-state index in [0.29, 0.717) is 19.6 Å². The molecule has 12 heavy (non-hydrogen) atoms. The molecule has 3 nitrogen and oxygen atoms in total. The van der Waals surface area contributed by atoms with Crippen LogP contribution < -0.4 is 0 Å². The zero-order valence-corrected chi connectivity index (χ0v) is 7.75. The Kier molecular flexibility index (Phi) is 10.2. The first-order valence-electron chi connectivity index (χ1n) is 4.51. The highest BCUT2D eigenvalue weighted by Crippen LogP contribution is 1.87. The predicted octanol–water partition coefficient (Wildman–Crippen LogP) is 1.41. The standard InChI is InChI=1S/C9H18O3/c1-2-6-11-8-4-9-12-7-3-5-10/h5H,2-4,6-9H2,1H3. The molecule has 0 aromatic rings. The minimum absolute atomic E-state index is 0.496. The quantitative estimate of drug-likeness (QED) is 0.391. The molecular weight excluding hydrogens is 156 g/mol. The van der Waals surface area contributed by atoms with Crippen molar-refractivity contribution >= 4 is 6.29 Å². The van der Waals surface area contributed by atoms with Gasteiger partial charge in [-0.05, 0) is 12.8 Å². The number of aldehydes is 1. The van der Waals surface area contributed by atoms with Gasteiger partial charge in [-0.3, -0.25) is 0 Å². The predicted molar refractivity (Wildman–Crippen MR) is 47.2 cm³/mol. The lowest BCUT2D eigenvalue weighted by molar-refractivity contribution is -0.108. The second-order valence-electron chi connectivity index (χ2n) is 2.53. The van der Waals surface area contributed by atoms with Gasteiger partial charge in [-0.25, -0.2) is 0 Å². The van der Waals surface area contributed by atoms with Crippen LogP contribution in [0, 0.1) is 0 Å². The number of rotatable bonds is 9. The van der Waals surface area contributed by atoms with Crippen LogP contribution in [0.15, 0.2) is 0 Å². The fourth-order valence-electron chi connectivity index (χ4n) is 0.743. The molecule has 0 aliphatic rings. The fraction of sp³-hybridized carbons (Fsp3) is 0.889. The first kappa shape index (κ1) is 11.6. The Balaban J connectivity index is 2.77. The van der Waals surface area contributed by atoms with Crippen LogP contribution in [-0.4, -0.2) is 32.7 Å². The third kappa shape index (κ3) is 9.59. The number of hydrogen-bond donors (Lipinski definition) is 0. The summed E-state index contributed by atoms with van der Waals surface area (Å²) >= 11 is 0. The summed E-state index contributed by atoms with van der Waals surface area (Å²) < 4.78 is 10.4. The molecule has 0 aliphatic carbocycles. The average molecular weight is 174 g/mol. The van der Waals surface area contributed by atoms with E-state index in [1.807, 2.05) is 0 Å². The van der Waals surface area contributed by atoms with Crippen LogP contribution in [0.1, 0.15) is 26.2 Å². The van der Waals surface area contributed by atoms with Gasteiger partial charge in [0.25, 0.3) is 0 Å². The van der Waals surface area contributed by atoms with Gasteiger partial charge < -0.3 is 14.3 Å². The molecule has 0 unspecified atom stereocenters. The minimum atomic E-state index is 0.496. The van der Waals surface area contributed by atoms with E-state index in [9.17, 15) is 4.79 Å². The molecule has 0 saturated heterocycles. The molecule has 0 saturated carbocycles. The highest BCUT2D eigenvalue weighted by molar-refractivity contribution is 5.49. The van der Waals surface area contributed by atoms with E-state index in [1.54, 1.807) is 0 Å². The zero-order chi connectivity index (χ0) is 9.07. The van der Waals surface area contributed by atoms with Crippen molar-refractivity contribution in [1.29, 1.82) is 0 Å². The summed E-state index contributed by atoms with van der Waals surface area (Å²) in [4.78, 5) is 9.87. The SMILES string of the molecule is CCCOCCCOCCC=O. The van der Waals surface area contributed by atoms with E-state index in [0.717, 1.165) is 32.3 Å². The summed E-state index contributed by atoms with van der Waals surface area (Å²) in [5.41, 5.74) is 0. The molecule has 0 bridgehead atoms. The van der Waals surface area contributed by atoms with Crippen LogP contribution in [0.5, 0.6) is 0 Å². The van der Waals surface area contributed by atoms with Crippen molar-refractivity contribution in [3.8, 4) is 0 Å². The highest BCUT2D eigenvalue weighted by Gasteiger charge is 1.89. The van der Waals surface area contributed by atoms with Gasteiger partial charge in [0.05, 0.1) is 6.61 Å². The summed E-state index contributed by atoms with van der Waals surface area (Å²) in [5.74, 6) is 0. The third-order valence-electron chi connectivity index (χ3n) is 1.31. The topological polar surface area (TPSA) is 35.5 Å². The van der Waals surface area contributed by atoms with Gasteiger partial charge in [-0.15, -0.1) is 0 Å². The fourth-order valence-corrected chi connectivity index (χ4v) is 0.743. The number of ether oxygens (including phenoxy) is 2. The smallest absolute Gasteiger partial charge is 0.122 e. The Labute approximate surface area is 74.0 Å². The van der Waals surface area contributed by atoms with E-state index in [2.05, 4.69) is 6.92 Å². The summed E-state index contributed by atoms with van der Waals surface area (Å²) in [6.45, 7) is 4.90. The lowest BCUT2D eigenvalue weighted by Crippen LogP contribution is -2.02. The molecule has 0 rings (SSSR count). The van der Waals surface area contributed by atoms with Crippen molar-refractivity contribution in [2.24, 2.45) is 0 Å². The maximum atomic E-state index is 9.87. The van der Waals surface area contributed by atoms with Gasteiger partial charge in [0.1, 0.15) is 6.29 Å². The van der Waals surface area contributed by atoms with Crippen LogP contribution >= 0.6 is 0 Å². The molecule has 0 aromatic carbocycles. The Bertz CT molecular complexity index is 93.8. The molecule has 0 aromatic heterocycles. The molecule has 0 amide bonds. The molecule has 72 valence electrons. The normalized spacial score (nSPS) is 10.1. The van der Waals surface area contributed by atoms with E-state index in [1.165, 1.54) is 0 Å². The van der Waals surface area contributed by atoms with Crippen molar-refractivity contribution in [3.63, 3.8) is 0 Å². The Hall–Kier alpha value is -0.410. The third-order valence-corrected chi connectivity index (χ3v) is 1.31. The van der Waals surface area contributed by atoms with E-state index in [4.69, 9.17) is 9.47 Å². The maximum Gasteiger partial charge on any atom is 0.122 e. The first-order chi connectivity index (χ1) is 5.91. The molecule has 0 spiro atoms. The minimum Gasteiger partial charge on any atom is -0.381 e. The van der Waals surface area contributed by atoms with E-state index < -0.39 is 0 Å². The summed E-state index contributed by atoms with van der Waals surface area (Å²) in [6.07, 6.45) is 3.34. The molecule has 0 aliphatic heterocycles. The van der Waals surface area contributed by atoms with Crippen LogP contribution in [0.4, 0.5) is 0 Å². The number of carbonyl (C=O) groups is 1. The van der Waals surface area contributed by atoms with Gasteiger partial charge in [0.15, 0.2) is 0 Å². The molecule has 0 N–H and O–H groups in total. The molecule has 0 heterocycles. The van der Waals surface area contributed by atoms with Gasteiger partial charge in [0, 0.05) is 26.2 Å². The van der Waals surface area contributed by atoms with Crippen LogP contribution in [-0.2, 0) is 14.3 Å². The van der Waals surface area contributed by atoms with Crippen LogP contribution in [0.3, 0.4) is 0 Å². The lowest BCUT2D eigenvalue weighted by atomic mass is 10.4. The molecular formula is C9H18O3. The van der Waals surface area contributed by atoms with Crippen LogP contribution in [0.25, 0.3) is 0 Å². The summed E-state index contributed by atoms with van der Waals surface area (Å²) in [5, 5.41) is 0. The Morgan fingerprint density at radius 2 is 1.75 bits per heavy atom. The van der Waals surface area contributed by atoms with Crippen molar-refractivity contribution in [2.75, 3.05) is 26.4 Å². The second-order valence-corrected chi connectivity index (χ2v) is 2.53.